The van der Waals surface area contributed by atoms with Gasteiger partial charge in [-0.15, -0.1) is 0 Å². The molecule has 4 heteroatoms. The fourth-order valence-electron chi connectivity index (χ4n) is 1.75. The SMILES string of the molecule is C=C1C=CCCN1S(=O)(=O)c1ccc(C)cc1. The van der Waals surface area contributed by atoms with Crippen molar-refractivity contribution in [3.8, 4) is 0 Å². The molecule has 0 aromatic heterocycles. The van der Waals surface area contributed by atoms with Gasteiger partial charge in [-0.3, -0.25) is 4.31 Å². The topological polar surface area (TPSA) is 37.4 Å². The molecule has 0 atom stereocenters. The molecule has 0 N–H and O–H groups in total. The highest BCUT2D eigenvalue weighted by molar-refractivity contribution is 7.89. The standard InChI is InChI=1S/C13H15NO2S/c1-11-6-8-13(9-7-11)17(15,16)14-10-4-3-5-12(14)2/h3,5-9H,2,4,10H2,1H3. The van der Waals surface area contributed by atoms with Crippen LogP contribution in [-0.2, 0) is 10.0 Å². The number of nitrogens with zero attached hydrogens (tertiary/aromatic N) is 1. The maximum atomic E-state index is 12.3. The fourth-order valence-corrected chi connectivity index (χ4v) is 3.20. The first-order valence-electron chi connectivity index (χ1n) is 5.47. The van der Waals surface area contributed by atoms with Crippen LogP contribution in [0.25, 0.3) is 0 Å². The molecule has 1 aliphatic heterocycles. The van der Waals surface area contributed by atoms with Gasteiger partial charge in [0.15, 0.2) is 0 Å². The van der Waals surface area contributed by atoms with E-state index in [9.17, 15) is 8.42 Å². The largest absolute Gasteiger partial charge is 0.267 e. The molecule has 0 unspecified atom stereocenters. The Labute approximate surface area is 102 Å². The number of hydrogen-bond acceptors (Lipinski definition) is 2. The van der Waals surface area contributed by atoms with Crippen molar-refractivity contribution in [2.45, 2.75) is 18.2 Å². The van der Waals surface area contributed by atoms with Crippen LogP contribution < -0.4 is 0 Å². The first-order chi connectivity index (χ1) is 8.01. The summed E-state index contributed by atoms with van der Waals surface area (Å²) in [5.74, 6) is 0. The summed E-state index contributed by atoms with van der Waals surface area (Å²) >= 11 is 0. The Morgan fingerprint density at radius 2 is 1.88 bits per heavy atom. The minimum Gasteiger partial charge on any atom is -0.267 e. The second kappa shape index (κ2) is 4.37. The number of sulfonamides is 1. The van der Waals surface area contributed by atoms with Crippen LogP contribution in [0.3, 0.4) is 0 Å². The van der Waals surface area contributed by atoms with E-state index < -0.39 is 10.0 Å². The van der Waals surface area contributed by atoms with E-state index in [4.69, 9.17) is 0 Å². The normalized spacial score (nSPS) is 16.3. The maximum absolute atomic E-state index is 12.3. The van der Waals surface area contributed by atoms with E-state index in [0.717, 1.165) is 12.0 Å². The summed E-state index contributed by atoms with van der Waals surface area (Å²) in [6, 6.07) is 6.87. The molecule has 0 saturated carbocycles. The molecular formula is C13H15NO2S. The predicted molar refractivity (Wildman–Crippen MR) is 68.0 cm³/mol. The predicted octanol–water partition coefficient (Wildman–Crippen LogP) is 2.46. The van der Waals surface area contributed by atoms with Crippen LogP contribution in [0.15, 0.2) is 53.6 Å². The number of benzene rings is 1. The van der Waals surface area contributed by atoms with Crippen LogP contribution in [-0.4, -0.2) is 19.3 Å². The van der Waals surface area contributed by atoms with Gasteiger partial charge < -0.3 is 0 Å². The Hall–Kier alpha value is -1.55. The van der Waals surface area contributed by atoms with Crippen molar-refractivity contribution in [1.82, 2.24) is 4.31 Å². The fraction of sp³-hybridized carbons (Fsp3) is 0.231. The molecule has 0 fully saturated rings. The highest BCUT2D eigenvalue weighted by atomic mass is 32.2. The van der Waals surface area contributed by atoms with Gasteiger partial charge >= 0.3 is 0 Å². The summed E-state index contributed by atoms with van der Waals surface area (Å²) < 4.78 is 26.0. The first kappa shape index (κ1) is 11.9. The number of rotatable bonds is 2. The lowest BCUT2D eigenvalue weighted by Gasteiger charge is -2.26. The average molecular weight is 249 g/mol. The summed E-state index contributed by atoms with van der Waals surface area (Å²) in [5, 5.41) is 0. The third kappa shape index (κ3) is 2.26. The second-order valence-electron chi connectivity index (χ2n) is 4.07. The minimum absolute atomic E-state index is 0.319. The Kier molecular flexibility index (Phi) is 3.07. The van der Waals surface area contributed by atoms with Gasteiger partial charge in [0.05, 0.1) is 4.90 Å². The van der Waals surface area contributed by atoms with Crippen molar-refractivity contribution in [2.75, 3.05) is 6.54 Å². The quantitative estimate of drug-likeness (QED) is 0.807. The molecule has 0 bridgehead atoms. The molecule has 3 nitrogen and oxygen atoms in total. The molecular weight excluding hydrogens is 234 g/mol. The van der Waals surface area contributed by atoms with Crippen molar-refractivity contribution < 1.29 is 8.42 Å². The second-order valence-corrected chi connectivity index (χ2v) is 5.93. The van der Waals surface area contributed by atoms with E-state index in [1.807, 2.05) is 13.0 Å². The van der Waals surface area contributed by atoms with E-state index in [-0.39, 0.29) is 0 Å². The van der Waals surface area contributed by atoms with Crippen molar-refractivity contribution in [1.29, 1.82) is 0 Å². The molecule has 0 aliphatic carbocycles. The molecule has 0 radical (unpaired) electrons. The zero-order valence-corrected chi connectivity index (χ0v) is 10.6. The van der Waals surface area contributed by atoms with Gasteiger partial charge in [0.1, 0.15) is 0 Å². The summed E-state index contributed by atoms with van der Waals surface area (Å²) in [7, 11) is -3.45. The number of allylic oxidation sites excluding steroid dienone is 1. The Bertz CT molecular complexity index is 556. The Balaban J connectivity index is 2.39. The zero-order valence-electron chi connectivity index (χ0n) is 9.76. The highest BCUT2D eigenvalue weighted by Gasteiger charge is 2.25. The average Bonchev–Trinajstić information content (AvgIpc) is 2.30. The molecule has 90 valence electrons. The maximum Gasteiger partial charge on any atom is 0.264 e. The van der Waals surface area contributed by atoms with Crippen molar-refractivity contribution in [3.05, 3.63) is 54.3 Å². The molecule has 1 aromatic rings. The van der Waals surface area contributed by atoms with E-state index in [0.29, 0.717) is 17.1 Å². The van der Waals surface area contributed by atoms with E-state index >= 15 is 0 Å². The third-order valence-electron chi connectivity index (χ3n) is 2.74. The van der Waals surface area contributed by atoms with Gasteiger partial charge in [-0.1, -0.05) is 30.4 Å². The van der Waals surface area contributed by atoms with E-state index in [1.54, 1.807) is 30.3 Å². The van der Waals surface area contributed by atoms with Crippen molar-refractivity contribution in [2.24, 2.45) is 0 Å². The minimum atomic E-state index is -3.45. The van der Waals surface area contributed by atoms with Gasteiger partial charge in [0.2, 0.25) is 0 Å². The van der Waals surface area contributed by atoms with Gasteiger partial charge in [0.25, 0.3) is 10.0 Å². The van der Waals surface area contributed by atoms with Crippen LogP contribution in [0.2, 0.25) is 0 Å². The van der Waals surface area contributed by atoms with Crippen LogP contribution in [0.1, 0.15) is 12.0 Å². The lowest BCUT2D eigenvalue weighted by Crippen LogP contribution is -2.31. The summed E-state index contributed by atoms with van der Waals surface area (Å²) in [5.41, 5.74) is 1.57. The molecule has 17 heavy (non-hydrogen) atoms. The van der Waals surface area contributed by atoms with Gasteiger partial charge in [0, 0.05) is 12.2 Å². The van der Waals surface area contributed by atoms with Crippen molar-refractivity contribution in [3.63, 3.8) is 0 Å². The van der Waals surface area contributed by atoms with E-state index in [1.165, 1.54) is 4.31 Å². The van der Waals surface area contributed by atoms with E-state index in [2.05, 4.69) is 6.58 Å². The molecule has 1 aliphatic rings. The van der Waals surface area contributed by atoms with Crippen LogP contribution in [0, 0.1) is 6.92 Å². The molecule has 1 aromatic carbocycles. The molecule has 0 saturated heterocycles. The molecule has 1 heterocycles. The van der Waals surface area contributed by atoms with Crippen LogP contribution in [0.5, 0.6) is 0 Å². The number of aryl methyl sites for hydroxylation is 1. The lowest BCUT2D eigenvalue weighted by molar-refractivity contribution is 0.481. The first-order valence-corrected chi connectivity index (χ1v) is 6.91. The van der Waals surface area contributed by atoms with Gasteiger partial charge in [-0.25, -0.2) is 8.42 Å². The molecule has 0 spiro atoms. The summed E-state index contributed by atoms with van der Waals surface area (Å²) in [6.45, 7) is 6.16. The van der Waals surface area contributed by atoms with Crippen molar-refractivity contribution >= 4 is 10.0 Å². The number of hydrogen-bond donors (Lipinski definition) is 0. The smallest absolute Gasteiger partial charge is 0.264 e. The molecule has 2 rings (SSSR count). The van der Waals surface area contributed by atoms with Gasteiger partial charge in [-0.2, -0.15) is 0 Å². The zero-order chi connectivity index (χ0) is 12.5. The Morgan fingerprint density at radius 1 is 1.24 bits per heavy atom. The summed E-state index contributed by atoms with van der Waals surface area (Å²) in [6.07, 6.45) is 4.41. The van der Waals surface area contributed by atoms with Crippen LogP contribution >= 0.6 is 0 Å². The Morgan fingerprint density at radius 3 is 2.47 bits per heavy atom. The lowest BCUT2D eigenvalue weighted by atomic mass is 10.2. The summed E-state index contributed by atoms with van der Waals surface area (Å²) in [4.78, 5) is 0.319. The highest BCUT2D eigenvalue weighted by Crippen LogP contribution is 2.23. The third-order valence-corrected chi connectivity index (χ3v) is 4.60. The molecule has 0 amide bonds. The monoisotopic (exact) mass is 249 g/mol. The van der Waals surface area contributed by atoms with Gasteiger partial charge in [-0.05, 0) is 31.6 Å². The van der Waals surface area contributed by atoms with Crippen LogP contribution in [0.4, 0.5) is 0 Å².